The van der Waals surface area contributed by atoms with E-state index in [2.05, 4.69) is 69.3 Å². The number of rotatable bonds is 19. The molecular formula is C35H51Cl3SiTi. The van der Waals surface area contributed by atoms with Crippen LogP contribution in [-0.4, -0.2) is 9.52 Å². The van der Waals surface area contributed by atoms with Crippen molar-refractivity contribution >= 4 is 19.9 Å². The van der Waals surface area contributed by atoms with Crippen LogP contribution < -0.4 is 47.6 Å². The molecule has 0 N–H and O–H groups in total. The average Bonchev–Trinajstić information content (AvgIpc) is 3.19. The van der Waals surface area contributed by atoms with E-state index in [0.29, 0.717) is 5.92 Å². The first kappa shape index (κ1) is 42.1. The molecule has 1 aliphatic carbocycles. The largest absolute Gasteiger partial charge is 4.00 e. The number of benzene rings is 2. The third kappa shape index (κ3) is 14.9. The van der Waals surface area contributed by atoms with Crippen LogP contribution in [0.3, 0.4) is 0 Å². The number of allylic oxidation sites excluding steroid dienone is 1. The average molecular weight is 654 g/mol. The molecule has 0 fully saturated rings. The molecule has 0 bridgehead atoms. The molecule has 3 rings (SSSR count). The molecule has 0 saturated heterocycles. The fraction of sp³-hybridized carbons (Fsp3) is 0.600. The van der Waals surface area contributed by atoms with Crippen molar-refractivity contribution in [2.24, 2.45) is 0 Å². The maximum absolute atomic E-state index is 3.76. The summed E-state index contributed by atoms with van der Waals surface area (Å²) < 4.78 is 0. The first-order valence-corrected chi connectivity index (χ1v) is 16.3. The van der Waals surface area contributed by atoms with E-state index in [1.54, 1.807) is 10.8 Å². The minimum atomic E-state index is 0. The molecule has 0 heterocycles. The van der Waals surface area contributed by atoms with Gasteiger partial charge in [-0.1, -0.05) is 171 Å². The predicted molar refractivity (Wildman–Crippen MR) is 161 cm³/mol. The van der Waals surface area contributed by atoms with Crippen molar-refractivity contribution in [2.45, 2.75) is 136 Å². The number of unbranched alkanes of at least 4 members (excludes halogenated alkanes) is 15. The first-order valence-electron chi connectivity index (χ1n) is 15.3. The first-order chi connectivity index (χ1) is 17.7. The molecule has 1 unspecified atom stereocenters. The van der Waals surface area contributed by atoms with Gasteiger partial charge in [-0.2, -0.15) is 11.6 Å². The molecular weight excluding hydrogens is 603 g/mol. The van der Waals surface area contributed by atoms with E-state index in [4.69, 9.17) is 0 Å². The Morgan fingerprint density at radius 2 is 1.12 bits per heavy atom. The van der Waals surface area contributed by atoms with Gasteiger partial charge < -0.3 is 37.2 Å². The third-order valence-corrected chi connectivity index (χ3v) is 9.55. The van der Waals surface area contributed by atoms with E-state index in [0.717, 1.165) is 9.52 Å². The van der Waals surface area contributed by atoms with Crippen LogP contribution in [0.5, 0.6) is 0 Å². The van der Waals surface area contributed by atoms with Crippen LogP contribution >= 0.6 is 0 Å². The maximum atomic E-state index is 3.76. The normalized spacial score (nSPS) is 13.3. The molecule has 0 aliphatic heterocycles. The van der Waals surface area contributed by atoms with E-state index in [9.17, 15) is 0 Å². The maximum Gasteiger partial charge on any atom is 4.00 e. The Labute approximate surface area is 283 Å². The van der Waals surface area contributed by atoms with Gasteiger partial charge in [0.05, 0.1) is 0 Å². The predicted octanol–water partition coefficient (Wildman–Crippen LogP) is 0.370. The Balaban J connectivity index is 0. The minimum absolute atomic E-state index is 0. The molecule has 0 nitrogen and oxygen atoms in total. The van der Waals surface area contributed by atoms with Crippen molar-refractivity contribution in [3.8, 4) is 0 Å². The van der Waals surface area contributed by atoms with Gasteiger partial charge in [0.15, 0.2) is 0 Å². The minimum Gasteiger partial charge on any atom is -1.00 e. The second-order valence-corrected chi connectivity index (χ2v) is 12.5. The Morgan fingerprint density at radius 3 is 1.62 bits per heavy atom. The van der Waals surface area contributed by atoms with E-state index >= 15 is 0 Å². The third-order valence-electron chi connectivity index (χ3n) is 8.10. The van der Waals surface area contributed by atoms with Crippen molar-refractivity contribution in [3.63, 3.8) is 0 Å². The molecule has 2 aromatic carbocycles. The van der Waals surface area contributed by atoms with Crippen molar-refractivity contribution in [3.05, 3.63) is 70.8 Å². The summed E-state index contributed by atoms with van der Waals surface area (Å²) in [6, 6.07) is 15.9. The number of fused-ring (bicyclic) bond motifs is 1. The van der Waals surface area contributed by atoms with Gasteiger partial charge in [-0.3, -0.25) is 0 Å². The number of aryl methyl sites for hydroxylation is 1. The van der Waals surface area contributed by atoms with Crippen molar-refractivity contribution in [2.75, 3.05) is 0 Å². The zero-order valence-corrected chi connectivity index (χ0v) is 30.1. The van der Waals surface area contributed by atoms with E-state index < -0.39 is 0 Å². The molecule has 0 spiro atoms. The molecule has 220 valence electrons. The van der Waals surface area contributed by atoms with Crippen molar-refractivity contribution in [1.29, 1.82) is 0 Å². The summed E-state index contributed by atoms with van der Waals surface area (Å²) in [7, 11) is 0.732. The fourth-order valence-corrected chi connectivity index (χ4v) is 6.93. The van der Waals surface area contributed by atoms with Gasteiger partial charge in [0.1, 0.15) is 0 Å². The summed E-state index contributed by atoms with van der Waals surface area (Å²) in [5, 5.41) is 3.00. The standard InChI is InChI=1S/C35H51Si.3ClH.Ti/c1-4-5-6-7-8-9-10-11-12-13-14-15-16-17-18-20-23-31-26-27-33-30(3)29(2)28-34(33)35(31)36-32-24-21-19-22-25-32;;;;/h19,21-22,24-27,30H,4-18,20,23H2,1-3H3;3*1H;/q-1;;;;+4/p-3. The monoisotopic (exact) mass is 652 g/mol. The van der Waals surface area contributed by atoms with E-state index in [-0.39, 0.29) is 58.9 Å². The van der Waals surface area contributed by atoms with Crippen LogP contribution in [0.25, 0.3) is 0 Å². The SMILES string of the molecule is CCCCCCCCCCCCCCCCCCc1ccc2c(c1[Si]c1ccccc1)[C-]=C(C)C2C.[Cl-].[Cl-].[Cl-].[Ti+4]. The van der Waals surface area contributed by atoms with Gasteiger partial charge in [-0.05, 0) is 6.42 Å². The van der Waals surface area contributed by atoms with Gasteiger partial charge in [-0.25, -0.2) is 0 Å². The zero-order chi connectivity index (χ0) is 25.4. The molecule has 2 aromatic rings. The number of hydrogen-bond acceptors (Lipinski definition) is 0. The molecule has 1 aliphatic rings. The molecule has 0 amide bonds. The fourth-order valence-electron chi connectivity index (χ4n) is 5.58. The Hall–Kier alpha value is -0.0188. The van der Waals surface area contributed by atoms with E-state index in [1.807, 2.05) is 0 Å². The Kier molecular flexibility index (Phi) is 26.8. The molecule has 0 aromatic heterocycles. The summed E-state index contributed by atoms with van der Waals surface area (Å²) in [5.41, 5.74) is 5.86. The zero-order valence-electron chi connectivity index (χ0n) is 25.3. The van der Waals surface area contributed by atoms with Crippen molar-refractivity contribution < 1.29 is 58.9 Å². The van der Waals surface area contributed by atoms with Crippen molar-refractivity contribution in [1.82, 2.24) is 0 Å². The van der Waals surface area contributed by atoms with Gasteiger partial charge in [0, 0.05) is 9.52 Å². The van der Waals surface area contributed by atoms with Crippen LogP contribution in [0.2, 0.25) is 0 Å². The molecule has 1 atom stereocenters. The Morgan fingerprint density at radius 1 is 0.650 bits per heavy atom. The Bertz CT molecular complexity index is 916. The second kappa shape index (κ2) is 25.5. The van der Waals surface area contributed by atoms with Crippen LogP contribution in [0.1, 0.15) is 146 Å². The summed E-state index contributed by atoms with van der Waals surface area (Å²) >= 11 is 0. The van der Waals surface area contributed by atoms with Crippen LogP contribution in [0, 0.1) is 6.08 Å². The number of halogens is 3. The second-order valence-electron chi connectivity index (χ2n) is 11.1. The molecule has 5 heteroatoms. The summed E-state index contributed by atoms with van der Waals surface area (Å²) in [5.74, 6) is 0.518. The van der Waals surface area contributed by atoms with Crippen LogP contribution in [0.4, 0.5) is 0 Å². The molecule has 40 heavy (non-hydrogen) atoms. The topological polar surface area (TPSA) is 0 Å². The quantitative estimate of drug-likeness (QED) is 0.117. The van der Waals surface area contributed by atoms with Crippen LogP contribution in [-0.2, 0) is 28.1 Å². The van der Waals surface area contributed by atoms with Crippen LogP contribution in [0.15, 0.2) is 48.0 Å². The number of hydrogen-bond donors (Lipinski definition) is 0. The van der Waals surface area contributed by atoms with Gasteiger partial charge in [0.25, 0.3) is 0 Å². The summed E-state index contributed by atoms with van der Waals surface area (Å²) in [4.78, 5) is 0. The molecule has 0 saturated carbocycles. The molecule has 2 radical (unpaired) electrons. The van der Waals surface area contributed by atoms with Gasteiger partial charge >= 0.3 is 21.7 Å². The van der Waals surface area contributed by atoms with Gasteiger partial charge in [0.2, 0.25) is 0 Å². The van der Waals surface area contributed by atoms with E-state index in [1.165, 1.54) is 131 Å². The summed E-state index contributed by atoms with van der Waals surface area (Å²) in [6.07, 6.45) is 27.9. The smallest absolute Gasteiger partial charge is 1.00 e. The summed E-state index contributed by atoms with van der Waals surface area (Å²) in [6.45, 7) is 6.88. The van der Waals surface area contributed by atoms with Gasteiger partial charge in [-0.15, -0.1) is 28.0 Å².